The van der Waals surface area contributed by atoms with E-state index in [0.29, 0.717) is 0 Å². The van der Waals surface area contributed by atoms with Crippen molar-refractivity contribution < 1.29 is 32.3 Å². The molecule has 0 amide bonds. The lowest BCUT2D eigenvalue weighted by atomic mass is 10.1. The minimum absolute atomic E-state index is 0.288. The van der Waals surface area contributed by atoms with Gasteiger partial charge in [-0.1, -0.05) is 13.8 Å². The van der Waals surface area contributed by atoms with E-state index in [-0.39, 0.29) is 5.76 Å². The Bertz CT molecular complexity index is 602. The standard InChI is InChI=1S/C11H15NO7S/c1-6(2)9(10(13)14)12-20(16,17)8-5-4-7(19-8)11(15)18-3/h4-6,9,12H,1-3H3,(H,13,14)/t9-/m0/s1. The Labute approximate surface area is 115 Å². The zero-order valence-electron chi connectivity index (χ0n) is 11.1. The summed E-state index contributed by atoms with van der Waals surface area (Å²) in [7, 11) is -3.05. The van der Waals surface area contributed by atoms with Gasteiger partial charge in [0.25, 0.3) is 10.0 Å². The predicted molar refractivity (Wildman–Crippen MR) is 66.6 cm³/mol. The van der Waals surface area contributed by atoms with Gasteiger partial charge in [-0.15, -0.1) is 0 Å². The highest BCUT2D eigenvalue weighted by Gasteiger charge is 2.30. The average Bonchev–Trinajstić information content (AvgIpc) is 2.84. The Balaban J connectivity index is 3.02. The summed E-state index contributed by atoms with van der Waals surface area (Å²) in [5.41, 5.74) is 0. The topological polar surface area (TPSA) is 123 Å². The monoisotopic (exact) mass is 305 g/mol. The van der Waals surface area contributed by atoms with Crippen molar-refractivity contribution in [2.24, 2.45) is 5.92 Å². The predicted octanol–water partition coefficient (Wildman–Crippen LogP) is 0.454. The molecule has 9 heteroatoms. The van der Waals surface area contributed by atoms with Crippen LogP contribution in [0.15, 0.2) is 21.6 Å². The molecule has 0 unspecified atom stereocenters. The number of carboxylic acids is 1. The number of carbonyl (C=O) groups is 2. The quantitative estimate of drug-likeness (QED) is 0.731. The first-order chi connectivity index (χ1) is 9.19. The molecule has 0 saturated heterocycles. The number of ether oxygens (including phenoxy) is 1. The number of carbonyl (C=O) groups excluding carboxylic acids is 1. The lowest BCUT2D eigenvalue weighted by Crippen LogP contribution is -2.44. The Morgan fingerprint density at radius 3 is 2.40 bits per heavy atom. The molecule has 1 rings (SSSR count). The Morgan fingerprint density at radius 2 is 1.95 bits per heavy atom. The van der Waals surface area contributed by atoms with Crippen molar-refractivity contribution in [2.45, 2.75) is 25.0 Å². The molecule has 0 bridgehead atoms. The number of aliphatic carboxylic acids is 1. The van der Waals surface area contributed by atoms with E-state index in [1.807, 2.05) is 4.72 Å². The van der Waals surface area contributed by atoms with Gasteiger partial charge in [-0.2, -0.15) is 4.72 Å². The van der Waals surface area contributed by atoms with Crippen LogP contribution in [0.2, 0.25) is 0 Å². The van der Waals surface area contributed by atoms with Gasteiger partial charge < -0.3 is 14.3 Å². The second-order valence-electron chi connectivity index (χ2n) is 4.29. The minimum atomic E-state index is -4.18. The number of furan rings is 1. The summed E-state index contributed by atoms with van der Waals surface area (Å²) >= 11 is 0. The van der Waals surface area contributed by atoms with Crippen molar-refractivity contribution in [3.8, 4) is 0 Å². The second kappa shape index (κ2) is 6.06. The van der Waals surface area contributed by atoms with Crippen molar-refractivity contribution in [1.82, 2.24) is 4.72 Å². The van der Waals surface area contributed by atoms with Crippen molar-refractivity contribution in [1.29, 1.82) is 0 Å². The first-order valence-electron chi connectivity index (χ1n) is 5.62. The van der Waals surface area contributed by atoms with Crippen LogP contribution in [0.25, 0.3) is 0 Å². The van der Waals surface area contributed by atoms with Gasteiger partial charge in [0.2, 0.25) is 10.9 Å². The number of esters is 1. The van der Waals surface area contributed by atoms with Gasteiger partial charge in [-0.05, 0) is 18.1 Å². The third kappa shape index (κ3) is 3.58. The van der Waals surface area contributed by atoms with E-state index in [1.54, 1.807) is 13.8 Å². The lowest BCUT2D eigenvalue weighted by Gasteiger charge is -2.16. The molecule has 2 N–H and O–H groups in total. The third-order valence-electron chi connectivity index (χ3n) is 2.45. The summed E-state index contributed by atoms with van der Waals surface area (Å²) in [5, 5.41) is 8.40. The summed E-state index contributed by atoms with van der Waals surface area (Å²) < 4.78 is 35.1. The highest BCUT2D eigenvalue weighted by atomic mass is 32.2. The van der Waals surface area contributed by atoms with E-state index in [1.165, 1.54) is 0 Å². The fourth-order valence-electron chi connectivity index (χ4n) is 1.37. The van der Waals surface area contributed by atoms with Gasteiger partial charge in [-0.3, -0.25) is 4.79 Å². The molecular weight excluding hydrogens is 290 g/mol. The van der Waals surface area contributed by atoms with Gasteiger partial charge in [0, 0.05) is 0 Å². The normalized spacial score (nSPS) is 13.2. The Hall–Kier alpha value is -1.87. The summed E-state index contributed by atoms with van der Waals surface area (Å²) in [5.74, 6) is -2.88. The van der Waals surface area contributed by atoms with Crippen LogP contribution in [0.1, 0.15) is 24.4 Å². The highest BCUT2D eigenvalue weighted by molar-refractivity contribution is 7.89. The number of sulfonamides is 1. The van der Waals surface area contributed by atoms with Gasteiger partial charge in [0.05, 0.1) is 7.11 Å². The molecule has 112 valence electrons. The Kier molecular flexibility index (Phi) is 4.90. The van der Waals surface area contributed by atoms with Crippen LogP contribution in [0.5, 0.6) is 0 Å². The number of hydrogen-bond acceptors (Lipinski definition) is 6. The maximum atomic E-state index is 12.0. The number of methoxy groups -OCH3 is 1. The summed E-state index contributed by atoms with van der Waals surface area (Å²) in [6.45, 7) is 3.12. The van der Waals surface area contributed by atoms with Crippen molar-refractivity contribution in [3.63, 3.8) is 0 Å². The van der Waals surface area contributed by atoms with Crippen molar-refractivity contribution >= 4 is 22.0 Å². The van der Waals surface area contributed by atoms with E-state index in [4.69, 9.17) is 9.52 Å². The summed E-state index contributed by atoms with van der Waals surface area (Å²) in [4.78, 5) is 22.1. The van der Waals surface area contributed by atoms with Gasteiger partial charge >= 0.3 is 11.9 Å². The van der Waals surface area contributed by atoms with Gasteiger partial charge in [0.1, 0.15) is 6.04 Å². The number of carboxylic acid groups (broad SMARTS) is 1. The third-order valence-corrected chi connectivity index (χ3v) is 3.76. The number of rotatable bonds is 6. The molecule has 1 heterocycles. The first kappa shape index (κ1) is 16.2. The molecular formula is C11H15NO7S. The molecule has 0 aliphatic heterocycles. The molecule has 1 aromatic heterocycles. The minimum Gasteiger partial charge on any atom is -0.480 e. The summed E-state index contributed by atoms with van der Waals surface area (Å²) in [6, 6.07) is 0.881. The second-order valence-corrected chi connectivity index (χ2v) is 5.94. The SMILES string of the molecule is COC(=O)c1ccc(S(=O)(=O)N[C@H](C(=O)O)C(C)C)o1. The molecule has 0 aliphatic carbocycles. The lowest BCUT2D eigenvalue weighted by molar-refractivity contribution is -0.140. The zero-order valence-corrected chi connectivity index (χ0v) is 11.9. The Morgan fingerprint density at radius 1 is 1.35 bits per heavy atom. The van der Waals surface area contributed by atoms with E-state index >= 15 is 0 Å². The molecule has 0 radical (unpaired) electrons. The summed E-state index contributed by atoms with van der Waals surface area (Å²) in [6.07, 6.45) is 0. The molecule has 0 spiro atoms. The van der Waals surface area contributed by atoms with Crippen LogP contribution in [-0.4, -0.2) is 38.6 Å². The first-order valence-corrected chi connectivity index (χ1v) is 7.10. The van der Waals surface area contributed by atoms with Crippen LogP contribution in [0.4, 0.5) is 0 Å². The molecule has 8 nitrogen and oxygen atoms in total. The van der Waals surface area contributed by atoms with Crippen LogP contribution in [0, 0.1) is 5.92 Å². The van der Waals surface area contributed by atoms with Crippen LogP contribution >= 0.6 is 0 Å². The van der Waals surface area contributed by atoms with Crippen molar-refractivity contribution in [3.05, 3.63) is 17.9 Å². The maximum absolute atomic E-state index is 12.0. The van der Waals surface area contributed by atoms with Crippen LogP contribution < -0.4 is 4.72 Å². The highest BCUT2D eigenvalue weighted by Crippen LogP contribution is 2.16. The van der Waals surface area contributed by atoms with Gasteiger partial charge in [0.15, 0.2) is 0 Å². The fraction of sp³-hybridized carbons (Fsp3) is 0.455. The number of nitrogens with one attached hydrogen (secondary N) is 1. The van der Waals surface area contributed by atoms with E-state index in [2.05, 4.69) is 4.74 Å². The van der Waals surface area contributed by atoms with E-state index < -0.39 is 39.0 Å². The van der Waals surface area contributed by atoms with E-state index in [9.17, 15) is 18.0 Å². The zero-order chi connectivity index (χ0) is 15.5. The molecule has 1 aromatic rings. The fourth-order valence-corrected chi connectivity index (χ4v) is 2.64. The molecule has 20 heavy (non-hydrogen) atoms. The molecule has 0 saturated carbocycles. The average molecular weight is 305 g/mol. The largest absolute Gasteiger partial charge is 0.480 e. The number of hydrogen-bond donors (Lipinski definition) is 2. The van der Waals surface area contributed by atoms with Crippen molar-refractivity contribution in [2.75, 3.05) is 7.11 Å². The van der Waals surface area contributed by atoms with Crippen LogP contribution in [0.3, 0.4) is 0 Å². The van der Waals surface area contributed by atoms with Gasteiger partial charge in [-0.25, -0.2) is 13.2 Å². The van der Waals surface area contributed by atoms with E-state index in [0.717, 1.165) is 19.2 Å². The smallest absolute Gasteiger partial charge is 0.374 e. The maximum Gasteiger partial charge on any atom is 0.374 e. The molecule has 1 atom stereocenters. The molecule has 0 aromatic carbocycles. The molecule has 0 aliphatic rings. The molecule has 0 fully saturated rings. The van der Waals surface area contributed by atoms with Crippen LogP contribution in [-0.2, 0) is 19.6 Å².